The number of hydrogen-bond donors (Lipinski definition) is 1. The zero-order valence-electron chi connectivity index (χ0n) is 10.9. The maximum Gasteiger partial charge on any atom is 0.308 e. The molecule has 0 radical (unpaired) electrons. The topological polar surface area (TPSA) is 83.7 Å². The number of nitrogens with zero attached hydrogens (tertiary/aromatic N) is 2. The molecule has 1 aromatic carbocycles. The largest absolute Gasteiger partial charge is 0.481 e. The fourth-order valence-corrected chi connectivity index (χ4v) is 2.64. The van der Waals surface area contributed by atoms with Gasteiger partial charge in [-0.3, -0.25) is 14.9 Å². The van der Waals surface area contributed by atoms with E-state index in [2.05, 4.69) is 0 Å². The number of carbonyl (C=O) groups is 1. The predicted octanol–water partition coefficient (Wildman–Crippen LogP) is 2.06. The first kappa shape index (κ1) is 13.3. The van der Waals surface area contributed by atoms with Gasteiger partial charge in [0.1, 0.15) is 0 Å². The second kappa shape index (κ2) is 4.87. The molecule has 2 atom stereocenters. The molecule has 19 heavy (non-hydrogen) atoms. The first-order valence-electron chi connectivity index (χ1n) is 6.13. The van der Waals surface area contributed by atoms with Gasteiger partial charge < -0.3 is 10.0 Å². The van der Waals surface area contributed by atoms with Crippen molar-refractivity contribution in [3.05, 3.63) is 33.9 Å². The van der Waals surface area contributed by atoms with Crippen LogP contribution < -0.4 is 4.90 Å². The molecular weight excluding hydrogens is 248 g/mol. The standard InChI is InChI=1S/C13H16N2O4/c1-8-6-14(7-10(8)13(16)17)11-4-3-5-12(9(11)2)15(18)19/h3-5,8,10H,6-7H2,1-2H3,(H,16,17). The molecule has 0 aliphatic carbocycles. The quantitative estimate of drug-likeness (QED) is 0.667. The van der Waals surface area contributed by atoms with Gasteiger partial charge in [-0.25, -0.2) is 0 Å². The number of carboxylic acid groups (broad SMARTS) is 1. The van der Waals surface area contributed by atoms with E-state index in [-0.39, 0.29) is 11.6 Å². The van der Waals surface area contributed by atoms with Gasteiger partial charge in [-0.15, -0.1) is 0 Å². The van der Waals surface area contributed by atoms with Crippen LogP contribution in [-0.4, -0.2) is 29.1 Å². The van der Waals surface area contributed by atoms with Crippen LogP contribution in [0.3, 0.4) is 0 Å². The summed E-state index contributed by atoms with van der Waals surface area (Å²) in [6.07, 6.45) is 0. The Hall–Kier alpha value is -2.11. The molecule has 0 spiro atoms. The van der Waals surface area contributed by atoms with Gasteiger partial charge in [0.2, 0.25) is 0 Å². The molecule has 6 nitrogen and oxygen atoms in total. The number of rotatable bonds is 3. The van der Waals surface area contributed by atoms with E-state index in [9.17, 15) is 14.9 Å². The van der Waals surface area contributed by atoms with E-state index in [0.29, 0.717) is 18.7 Å². The maximum absolute atomic E-state index is 11.1. The normalized spacial score (nSPS) is 22.5. The number of carboxylic acids is 1. The first-order valence-corrected chi connectivity index (χ1v) is 6.13. The summed E-state index contributed by atoms with van der Waals surface area (Å²) in [5.41, 5.74) is 1.42. The van der Waals surface area contributed by atoms with Gasteiger partial charge in [0.25, 0.3) is 5.69 Å². The van der Waals surface area contributed by atoms with Crippen molar-refractivity contribution in [1.29, 1.82) is 0 Å². The second-order valence-electron chi connectivity index (χ2n) is 5.01. The molecule has 0 amide bonds. The number of aliphatic carboxylic acids is 1. The summed E-state index contributed by atoms with van der Waals surface area (Å²) in [5, 5.41) is 20.0. The summed E-state index contributed by atoms with van der Waals surface area (Å²) in [6.45, 7) is 4.61. The van der Waals surface area contributed by atoms with Crippen LogP contribution >= 0.6 is 0 Å². The Morgan fingerprint density at radius 3 is 2.68 bits per heavy atom. The Kier molecular flexibility index (Phi) is 3.42. The summed E-state index contributed by atoms with van der Waals surface area (Å²) < 4.78 is 0. The fraction of sp³-hybridized carbons (Fsp3) is 0.462. The second-order valence-corrected chi connectivity index (χ2v) is 5.01. The van der Waals surface area contributed by atoms with Crippen LogP contribution in [0, 0.1) is 28.9 Å². The van der Waals surface area contributed by atoms with Crippen molar-refractivity contribution in [2.75, 3.05) is 18.0 Å². The Balaban J connectivity index is 2.32. The molecule has 0 bridgehead atoms. The zero-order valence-corrected chi connectivity index (χ0v) is 10.9. The number of nitro benzene ring substituents is 1. The molecule has 0 aromatic heterocycles. The van der Waals surface area contributed by atoms with Crippen LogP contribution in [0.5, 0.6) is 0 Å². The van der Waals surface area contributed by atoms with Crippen LogP contribution in [0.2, 0.25) is 0 Å². The summed E-state index contributed by atoms with van der Waals surface area (Å²) >= 11 is 0. The fourth-order valence-electron chi connectivity index (χ4n) is 2.64. The van der Waals surface area contributed by atoms with E-state index in [4.69, 9.17) is 5.11 Å². The Labute approximate surface area is 110 Å². The molecule has 2 rings (SSSR count). The lowest BCUT2D eigenvalue weighted by Gasteiger charge is -2.20. The number of anilines is 1. The van der Waals surface area contributed by atoms with E-state index >= 15 is 0 Å². The number of benzene rings is 1. The molecule has 1 saturated heterocycles. The molecule has 1 aliphatic heterocycles. The smallest absolute Gasteiger partial charge is 0.308 e. The minimum atomic E-state index is -0.807. The van der Waals surface area contributed by atoms with Crippen molar-refractivity contribution in [3.63, 3.8) is 0 Å². The molecule has 6 heteroatoms. The van der Waals surface area contributed by atoms with Gasteiger partial charge in [-0.05, 0) is 18.9 Å². The van der Waals surface area contributed by atoms with Crippen LogP contribution in [0.15, 0.2) is 18.2 Å². The van der Waals surface area contributed by atoms with Crippen LogP contribution in [0.4, 0.5) is 11.4 Å². The average Bonchev–Trinajstić information content (AvgIpc) is 2.71. The van der Waals surface area contributed by atoms with Crippen LogP contribution in [0.1, 0.15) is 12.5 Å². The molecular formula is C13H16N2O4. The summed E-state index contributed by atoms with van der Waals surface area (Å²) in [4.78, 5) is 23.5. The third kappa shape index (κ3) is 2.38. The van der Waals surface area contributed by atoms with Crippen molar-refractivity contribution in [2.24, 2.45) is 11.8 Å². The van der Waals surface area contributed by atoms with Gasteiger partial charge in [-0.2, -0.15) is 0 Å². The van der Waals surface area contributed by atoms with Crippen LogP contribution in [0.25, 0.3) is 0 Å². The van der Waals surface area contributed by atoms with Crippen molar-refractivity contribution < 1.29 is 14.8 Å². The minimum Gasteiger partial charge on any atom is -0.481 e. The molecule has 1 N–H and O–H groups in total. The third-order valence-electron chi connectivity index (χ3n) is 3.74. The highest BCUT2D eigenvalue weighted by Gasteiger charge is 2.35. The number of nitro groups is 1. The van der Waals surface area contributed by atoms with Gasteiger partial charge in [-0.1, -0.05) is 13.0 Å². The van der Waals surface area contributed by atoms with E-state index in [0.717, 1.165) is 5.69 Å². The molecule has 1 heterocycles. The Bertz CT molecular complexity index is 529. The highest BCUT2D eigenvalue weighted by Crippen LogP contribution is 2.33. The SMILES string of the molecule is Cc1c(N2CC(C)C(C(=O)O)C2)cccc1[N+](=O)[O-]. The average molecular weight is 264 g/mol. The molecule has 1 aliphatic rings. The van der Waals surface area contributed by atoms with Gasteiger partial charge in [0.05, 0.1) is 16.4 Å². The molecule has 1 aromatic rings. The van der Waals surface area contributed by atoms with Crippen molar-refractivity contribution in [3.8, 4) is 0 Å². The van der Waals surface area contributed by atoms with E-state index in [1.165, 1.54) is 6.07 Å². The van der Waals surface area contributed by atoms with Crippen molar-refractivity contribution in [2.45, 2.75) is 13.8 Å². The zero-order chi connectivity index (χ0) is 14.2. The van der Waals surface area contributed by atoms with Crippen LogP contribution in [-0.2, 0) is 4.79 Å². The van der Waals surface area contributed by atoms with Gasteiger partial charge in [0.15, 0.2) is 0 Å². The molecule has 0 saturated carbocycles. The van der Waals surface area contributed by atoms with E-state index in [1.54, 1.807) is 19.1 Å². The summed E-state index contributed by atoms with van der Waals surface area (Å²) in [6, 6.07) is 4.91. The molecule has 1 fully saturated rings. The summed E-state index contributed by atoms with van der Waals surface area (Å²) in [5.74, 6) is -1.19. The van der Waals surface area contributed by atoms with Crippen molar-refractivity contribution >= 4 is 17.3 Å². The Morgan fingerprint density at radius 2 is 2.16 bits per heavy atom. The lowest BCUT2D eigenvalue weighted by atomic mass is 9.99. The third-order valence-corrected chi connectivity index (χ3v) is 3.74. The van der Waals surface area contributed by atoms with E-state index in [1.807, 2.05) is 11.8 Å². The Morgan fingerprint density at radius 1 is 1.47 bits per heavy atom. The first-order chi connectivity index (χ1) is 8.91. The molecule has 102 valence electrons. The summed E-state index contributed by atoms with van der Waals surface area (Å²) in [7, 11) is 0. The van der Waals surface area contributed by atoms with Gasteiger partial charge in [0, 0.05) is 24.8 Å². The van der Waals surface area contributed by atoms with Gasteiger partial charge >= 0.3 is 5.97 Å². The minimum absolute atomic E-state index is 0.0381. The van der Waals surface area contributed by atoms with Crippen molar-refractivity contribution in [1.82, 2.24) is 0 Å². The highest BCUT2D eigenvalue weighted by atomic mass is 16.6. The van der Waals surface area contributed by atoms with E-state index < -0.39 is 16.8 Å². The number of hydrogen-bond acceptors (Lipinski definition) is 4. The predicted molar refractivity (Wildman–Crippen MR) is 70.3 cm³/mol. The highest BCUT2D eigenvalue weighted by molar-refractivity contribution is 5.73. The lowest BCUT2D eigenvalue weighted by molar-refractivity contribution is -0.385. The lowest BCUT2D eigenvalue weighted by Crippen LogP contribution is -2.23. The maximum atomic E-state index is 11.1. The monoisotopic (exact) mass is 264 g/mol. The molecule has 2 unspecified atom stereocenters.